The lowest BCUT2D eigenvalue weighted by Crippen LogP contribution is -1.87. The molecule has 1 aromatic heterocycles. The SMILES string of the molecule is CC(C=Cc1c(C)coc1C)=CC=CC(C)=CC(=O)O.Cl. The van der Waals surface area contributed by atoms with Gasteiger partial charge in [0.05, 0.1) is 6.26 Å². The molecule has 1 aromatic rings. The highest BCUT2D eigenvalue weighted by Crippen LogP contribution is 2.17. The van der Waals surface area contributed by atoms with E-state index in [9.17, 15) is 4.79 Å². The first-order valence-corrected chi connectivity index (χ1v) is 6.39. The number of carboxylic acid groups (broad SMARTS) is 1. The maximum atomic E-state index is 10.5. The fourth-order valence-electron chi connectivity index (χ4n) is 1.70. The number of halogens is 1. The first-order valence-electron chi connectivity index (χ1n) is 6.39. The molecule has 0 aliphatic heterocycles. The Labute approximate surface area is 131 Å². The van der Waals surface area contributed by atoms with Crippen LogP contribution in [0, 0.1) is 13.8 Å². The molecule has 0 unspecified atom stereocenters. The van der Waals surface area contributed by atoms with Crippen molar-refractivity contribution in [2.75, 3.05) is 0 Å². The van der Waals surface area contributed by atoms with Gasteiger partial charge in [0.2, 0.25) is 0 Å². The lowest BCUT2D eigenvalue weighted by molar-refractivity contribution is -0.131. The summed E-state index contributed by atoms with van der Waals surface area (Å²) in [7, 11) is 0. The van der Waals surface area contributed by atoms with Crippen molar-refractivity contribution in [1.82, 2.24) is 0 Å². The first-order chi connectivity index (χ1) is 9.40. The Hall–Kier alpha value is -2.00. The predicted octanol–water partition coefficient (Wildman–Crippen LogP) is 4.86. The summed E-state index contributed by atoms with van der Waals surface area (Å²) in [4.78, 5) is 10.5. The molecule has 114 valence electrons. The number of aryl methyl sites for hydroxylation is 2. The van der Waals surface area contributed by atoms with E-state index in [0.29, 0.717) is 5.57 Å². The Morgan fingerprint density at radius 3 is 2.38 bits per heavy atom. The summed E-state index contributed by atoms with van der Waals surface area (Å²) in [6.45, 7) is 7.69. The van der Waals surface area contributed by atoms with Gasteiger partial charge in [0.1, 0.15) is 5.76 Å². The molecule has 1 rings (SSSR count). The summed E-state index contributed by atoms with van der Waals surface area (Å²) in [6, 6.07) is 0. The van der Waals surface area contributed by atoms with Gasteiger partial charge < -0.3 is 9.52 Å². The highest BCUT2D eigenvalue weighted by Gasteiger charge is 2.01. The van der Waals surface area contributed by atoms with Crippen LogP contribution in [-0.4, -0.2) is 11.1 Å². The normalized spacial score (nSPS) is 13.0. The number of rotatable bonds is 5. The Balaban J connectivity index is 0.00000400. The number of allylic oxidation sites excluding steroid dienone is 6. The number of aliphatic carboxylic acids is 1. The number of furan rings is 1. The van der Waals surface area contributed by atoms with Crippen molar-refractivity contribution in [2.24, 2.45) is 0 Å². The van der Waals surface area contributed by atoms with E-state index in [1.807, 2.05) is 45.1 Å². The van der Waals surface area contributed by atoms with Crippen molar-refractivity contribution in [1.29, 1.82) is 0 Å². The average Bonchev–Trinajstić information content (AvgIpc) is 2.65. The molecule has 0 fully saturated rings. The third-order valence-corrected chi connectivity index (χ3v) is 2.80. The van der Waals surface area contributed by atoms with Crippen LogP contribution < -0.4 is 0 Å². The summed E-state index contributed by atoms with van der Waals surface area (Å²) in [5.41, 5.74) is 3.99. The van der Waals surface area contributed by atoms with Gasteiger partial charge in [0, 0.05) is 11.6 Å². The molecular weight excluding hydrogens is 288 g/mol. The zero-order valence-corrected chi connectivity index (χ0v) is 13.5. The standard InChI is InChI=1S/C17H20O3.ClH/c1-12(6-5-7-13(2)10-17(18)19)8-9-16-14(3)11-20-15(16)4;/h5-11H,1-4H3,(H,18,19);1H. The van der Waals surface area contributed by atoms with Gasteiger partial charge in [-0.2, -0.15) is 0 Å². The van der Waals surface area contributed by atoms with Crippen molar-refractivity contribution in [3.05, 3.63) is 64.7 Å². The van der Waals surface area contributed by atoms with Crippen LogP contribution in [0.3, 0.4) is 0 Å². The lowest BCUT2D eigenvalue weighted by Gasteiger charge is -1.93. The van der Waals surface area contributed by atoms with Gasteiger partial charge in [0.25, 0.3) is 0 Å². The molecule has 0 atom stereocenters. The molecule has 0 aromatic carbocycles. The van der Waals surface area contributed by atoms with Gasteiger partial charge in [-0.25, -0.2) is 4.79 Å². The van der Waals surface area contributed by atoms with Crippen LogP contribution >= 0.6 is 12.4 Å². The van der Waals surface area contributed by atoms with Crippen LogP contribution in [0.25, 0.3) is 6.08 Å². The van der Waals surface area contributed by atoms with E-state index in [1.54, 1.807) is 19.3 Å². The minimum Gasteiger partial charge on any atom is -0.478 e. The first kappa shape index (κ1) is 19.0. The van der Waals surface area contributed by atoms with Gasteiger partial charge in [-0.05, 0) is 38.8 Å². The Bertz CT molecular complexity index is 582. The van der Waals surface area contributed by atoms with Crippen LogP contribution in [-0.2, 0) is 4.79 Å². The molecule has 0 amide bonds. The van der Waals surface area contributed by atoms with Crippen molar-refractivity contribution in [3.63, 3.8) is 0 Å². The highest BCUT2D eigenvalue weighted by atomic mass is 35.5. The molecule has 1 N–H and O–H groups in total. The van der Waals surface area contributed by atoms with E-state index in [0.717, 1.165) is 22.5 Å². The van der Waals surface area contributed by atoms with Crippen molar-refractivity contribution < 1.29 is 14.3 Å². The van der Waals surface area contributed by atoms with E-state index in [2.05, 4.69) is 0 Å². The smallest absolute Gasteiger partial charge is 0.328 e. The largest absolute Gasteiger partial charge is 0.478 e. The third-order valence-electron chi connectivity index (χ3n) is 2.80. The molecule has 0 aliphatic rings. The van der Waals surface area contributed by atoms with Crippen LogP contribution in [0.5, 0.6) is 0 Å². The van der Waals surface area contributed by atoms with E-state index >= 15 is 0 Å². The van der Waals surface area contributed by atoms with Gasteiger partial charge >= 0.3 is 5.97 Å². The summed E-state index contributed by atoms with van der Waals surface area (Å²) >= 11 is 0. The zero-order valence-electron chi connectivity index (χ0n) is 12.7. The lowest BCUT2D eigenvalue weighted by atomic mass is 10.1. The minimum absolute atomic E-state index is 0. The molecule has 3 nitrogen and oxygen atoms in total. The molecule has 0 radical (unpaired) electrons. The number of hydrogen-bond donors (Lipinski definition) is 1. The highest BCUT2D eigenvalue weighted by molar-refractivity contribution is 5.85. The Morgan fingerprint density at radius 2 is 1.86 bits per heavy atom. The minimum atomic E-state index is -0.932. The topological polar surface area (TPSA) is 50.4 Å². The molecule has 4 heteroatoms. The van der Waals surface area contributed by atoms with Crippen LogP contribution in [0.1, 0.15) is 30.7 Å². The van der Waals surface area contributed by atoms with Gasteiger partial charge in [-0.3, -0.25) is 0 Å². The number of carbonyl (C=O) groups is 1. The summed E-state index contributed by atoms with van der Waals surface area (Å²) in [6.07, 6.45) is 12.5. The molecule has 0 saturated carbocycles. The third kappa shape index (κ3) is 6.82. The second-order valence-electron chi connectivity index (χ2n) is 4.72. The quantitative estimate of drug-likeness (QED) is 0.624. The summed E-state index contributed by atoms with van der Waals surface area (Å²) in [5, 5.41) is 8.59. The van der Waals surface area contributed by atoms with E-state index < -0.39 is 5.97 Å². The number of hydrogen-bond acceptors (Lipinski definition) is 2. The molecular formula is C17H21ClO3. The monoisotopic (exact) mass is 308 g/mol. The average molecular weight is 309 g/mol. The van der Waals surface area contributed by atoms with Gasteiger partial charge in [-0.1, -0.05) is 36.0 Å². The van der Waals surface area contributed by atoms with Crippen LogP contribution in [0.4, 0.5) is 0 Å². The molecule has 0 aliphatic carbocycles. The number of carboxylic acids is 1. The van der Waals surface area contributed by atoms with Gasteiger partial charge in [-0.15, -0.1) is 12.4 Å². The van der Waals surface area contributed by atoms with E-state index in [-0.39, 0.29) is 12.4 Å². The summed E-state index contributed by atoms with van der Waals surface area (Å²) in [5.74, 6) is -0.0269. The molecule has 0 spiro atoms. The predicted molar refractivity (Wildman–Crippen MR) is 88.8 cm³/mol. The Kier molecular flexibility index (Phi) is 8.17. The van der Waals surface area contributed by atoms with E-state index in [1.165, 1.54) is 6.08 Å². The van der Waals surface area contributed by atoms with Crippen molar-refractivity contribution >= 4 is 24.5 Å². The van der Waals surface area contributed by atoms with Crippen LogP contribution in [0.2, 0.25) is 0 Å². The van der Waals surface area contributed by atoms with Crippen molar-refractivity contribution in [3.8, 4) is 0 Å². The zero-order chi connectivity index (χ0) is 15.1. The summed E-state index contributed by atoms with van der Waals surface area (Å²) < 4.78 is 5.33. The van der Waals surface area contributed by atoms with E-state index in [4.69, 9.17) is 9.52 Å². The second kappa shape index (κ2) is 9.03. The molecule has 21 heavy (non-hydrogen) atoms. The maximum absolute atomic E-state index is 10.5. The fourth-order valence-corrected chi connectivity index (χ4v) is 1.70. The Morgan fingerprint density at radius 1 is 1.19 bits per heavy atom. The second-order valence-corrected chi connectivity index (χ2v) is 4.72. The maximum Gasteiger partial charge on any atom is 0.328 e. The van der Waals surface area contributed by atoms with Gasteiger partial charge in [0.15, 0.2) is 0 Å². The molecule has 0 bridgehead atoms. The fraction of sp³-hybridized carbons (Fsp3) is 0.235. The molecule has 1 heterocycles. The van der Waals surface area contributed by atoms with Crippen LogP contribution in [0.15, 0.2) is 52.2 Å². The molecule has 0 saturated heterocycles. The van der Waals surface area contributed by atoms with Crippen molar-refractivity contribution in [2.45, 2.75) is 27.7 Å².